The number of fused-ring (bicyclic) bond motifs is 1. The fraction of sp³-hybridized carbons (Fsp3) is 0.190. The zero-order valence-electron chi connectivity index (χ0n) is 16.1. The molecule has 0 bridgehead atoms. The molecule has 1 aliphatic rings. The van der Waals surface area contributed by atoms with Crippen LogP contribution in [0.25, 0.3) is 10.9 Å². The zero-order chi connectivity index (χ0) is 22.0. The van der Waals surface area contributed by atoms with E-state index < -0.39 is 36.2 Å². The summed E-state index contributed by atoms with van der Waals surface area (Å²) in [5, 5.41) is 6.15. The second-order valence-corrected chi connectivity index (χ2v) is 8.00. The molecule has 1 atom stereocenters. The lowest BCUT2D eigenvalue weighted by Gasteiger charge is -2.13. The van der Waals surface area contributed by atoms with Gasteiger partial charge in [0.1, 0.15) is 12.6 Å². The van der Waals surface area contributed by atoms with Crippen LogP contribution in [0.3, 0.4) is 0 Å². The Morgan fingerprint density at radius 1 is 1.13 bits per heavy atom. The van der Waals surface area contributed by atoms with Crippen molar-refractivity contribution in [2.24, 2.45) is 0 Å². The summed E-state index contributed by atoms with van der Waals surface area (Å²) in [5.74, 6) is -3.57. The molecule has 0 spiro atoms. The van der Waals surface area contributed by atoms with Crippen LogP contribution >= 0.6 is 11.8 Å². The van der Waals surface area contributed by atoms with E-state index in [9.17, 15) is 23.2 Å². The molecule has 0 aliphatic carbocycles. The molecule has 3 aromatic rings. The van der Waals surface area contributed by atoms with Gasteiger partial charge in [-0.25, -0.2) is 4.79 Å². The molecule has 10 heteroatoms. The number of nitrogens with zero attached hydrogens (tertiary/aromatic N) is 1. The summed E-state index contributed by atoms with van der Waals surface area (Å²) in [6.07, 6.45) is 2.10. The van der Waals surface area contributed by atoms with Gasteiger partial charge in [-0.3, -0.25) is 14.5 Å². The molecule has 1 aliphatic heterocycles. The molecule has 0 radical (unpaired) electrons. The lowest BCUT2D eigenvalue weighted by Crippen LogP contribution is -2.38. The number of para-hydroxylation sites is 1. The van der Waals surface area contributed by atoms with E-state index in [0.717, 1.165) is 21.4 Å². The molecule has 1 saturated heterocycles. The highest BCUT2D eigenvalue weighted by atomic mass is 32.2. The number of carbonyl (C=O) groups is 3. The van der Waals surface area contributed by atoms with E-state index in [4.69, 9.17) is 0 Å². The number of hydrogen-bond donors (Lipinski definition) is 3. The molecule has 4 rings (SSSR count). The van der Waals surface area contributed by atoms with Gasteiger partial charge in [-0.15, -0.1) is 0 Å². The van der Waals surface area contributed by atoms with Crippen molar-refractivity contribution in [1.82, 2.24) is 15.2 Å². The van der Waals surface area contributed by atoms with Gasteiger partial charge in [0, 0.05) is 34.1 Å². The third kappa shape index (κ3) is 4.69. The number of aromatic nitrogens is 1. The van der Waals surface area contributed by atoms with Crippen LogP contribution in [0.1, 0.15) is 5.56 Å². The Hall–Kier alpha value is -3.40. The number of urea groups is 1. The second kappa shape index (κ2) is 8.76. The highest BCUT2D eigenvalue weighted by Gasteiger charge is 2.39. The van der Waals surface area contributed by atoms with E-state index in [1.54, 1.807) is 6.20 Å². The zero-order valence-corrected chi connectivity index (χ0v) is 16.9. The van der Waals surface area contributed by atoms with Gasteiger partial charge in [-0.2, -0.15) is 8.78 Å². The maximum atomic E-state index is 12.7. The summed E-state index contributed by atoms with van der Waals surface area (Å²) in [5.41, 5.74) is 2.21. The normalized spacial score (nSPS) is 16.2. The topological polar surface area (TPSA) is 94.3 Å². The lowest BCUT2D eigenvalue weighted by molar-refractivity contribution is -0.130. The van der Waals surface area contributed by atoms with Crippen molar-refractivity contribution in [2.45, 2.75) is 23.1 Å². The van der Waals surface area contributed by atoms with Crippen LogP contribution < -0.4 is 10.6 Å². The summed E-state index contributed by atoms with van der Waals surface area (Å²) in [6, 6.07) is 12.1. The fourth-order valence-corrected chi connectivity index (χ4v) is 3.95. The first kappa shape index (κ1) is 20.9. The molecule has 7 nitrogen and oxygen atoms in total. The first-order chi connectivity index (χ1) is 14.9. The minimum atomic E-state index is -2.53. The number of carbonyl (C=O) groups excluding carboxylic acids is 3. The van der Waals surface area contributed by atoms with Crippen LogP contribution in [0.4, 0.5) is 19.3 Å². The Kier molecular flexibility index (Phi) is 5.90. The van der Waals surface area contributed by atoms with Gasteiger partial charge in [0.15, 0.2) is 0 Å². The number of anilines is 1. The summed E-state index contributed by atoms with van der Waals surface area (Å²) in [6.45, 7) is -0.442. The highest BCUT2D eigenvalue weighted by Crippen LogP contribution is 2.26. The van der Waals surface area contributed by atoms with Gasteiger partial charge in [0.2, 0.25) is 5.91 Å². The third-order valence-corrected chi connectivity index (χ3v) is 5.59. The van der Waals surface area contributed by atoms with Crippen LogP contribution in [0.5, 0.6) is 0 Å². The minimum absolute atomic E-state index is 0.302. The average Bonchev–Trinajstić information content (AvgIpc) is 3.25. The van der Waals surface area contributed by atoms with Gasteiger partial charge < -0.3 is 15.6 Å². The molecular weight excluding hydrogens is 426 g/mol. The number of amides is 4. The number of halogens is 2. The van der Waals surface area contributed by atoms with E-state index in [1.165, 1.54) is 24.3 Å². The SMILES string of the molecule is O=C(CN1C(=O)NC(Cc2c[nH]c3ccccc23)C1=O)Nc1ccc(SC(F)F)cc1. The predicted octanol–water partition coefficient (Wildman–Crippen LogP) is 3.58. The number of H-pyrrole nitrogens is 1. The summed E-state index contributed by atoms with van der Waals surface area (Å²) < 4.78 is 24.8. The highest BCUT2D eigenvalue weighted by molar-refractivity contribution is 7.99. The van der Waals surface area contributed by atoms with Crippen LogP contribution in [0, 0.1) is 0 Å². The Labute approximate surface area is 180 Å². The molecule has 2 aromatic carbocycles. The number of thioether (sulfide) groups is 1. The molecule has 31 heavy (non-hydrogen) atoms. The van der Waals surface area contributed by atoms with Crippen LogP contribution in [0.2, 0.25) is 0 Å². The van der Waals surface area contributed by atoms with Crippen molar-refractivity contribution in [1.29, 1.82) is 0 Å². The standard InChI is InChI=1S/C21H18F2N4O3S/c22-20(23)31-14-7-5-13(6-8-14)25-18(28)11-27-19(29)17(26-21(27)30)9-12-10-24-16-4-2-1-3-15(12)16/h1-8,10,17,20,24H,9,11H2,(H,25,28)(H,26,30). The maximum absolute atomic E-state index is 12.7. The smallest absolute Gasteiger partial charge is 0.325 e. The largest absolute Gasteiger partial charge is 0.361 e. The van der Waals surface area contributed by atoms with E-state index >= 15 is 0 Å². The maximum Gasteiger partial charge on any atom is 0.325 e. The van der Waals surface area contributed by atoms with Gasteiger partial charge in [0.25, 0.3) is 11.7 Å². The van der Waals surface area contributed by atoms with Gasteiger partial charge in [0.05, 0.1) is 0 Å². The summed E-state index contributed by atoms with van der Waals surface area (Å²) in [4.78, 5) is 41.6. The van der Waals surface area contributed by atoms with E-state index in [1.807, 2.05) is 24.3 Å². The van der Waals surface area contributed by atoms with Crippen molar-refractivity contribution < 1.29 is 23.2 Å². The Bertz CT molecular complexity index is 1130. The van der Waals surface area contributed by atoms with Crippen LogP contribution in [-0.2, 0) is 16.0 Å². The Balaban J connectivity index is 1.37. The number of alkyl halides is 2. The van der Waals surface area contributed by atoms with Crippen molar-refractivity contribution in [3.63, 3.8) is 0 Å². The molecule has 3 N–H and O–H groups in total. The number of nitrogens with one attached hydrogen (secondary N) is 3. The molecule has 1 unspecified atom stereocenters. The van der Waals surface area contributed by atoms with Crippen molar-refractivity contribution in [3.8, 4) is 0 Å². The molecule has 0 saturated carbocycles. The van der Waals surface area contributed by atoms with Crippen LogP contribution in [-0.4, -0.2) is 46.1 Å². The van der Waals surface area contributed by atoms with Crippen molar-refractivity contribution >= 4 is 46.2 Å². The average molecular weight is 444 g/mol. The molecule has 160 valence electrons. The lowest BCUT2D eigenvalue weighted by atomic mass is 10.1. The van der Waals surface area contributed by atoms with Crippen LogP contribution in [0.15, 0.2) is 59.6 Å². The minimum Gasteiger partial charge on any atom is -0.361 e. The first-order valence-electron chi connectivity index (χ1n) is 9.42. The molecule has 1 aromatic heterocycles. The molecule has 1 fully saturated rings. The molecule has 4 amide bonds. The number of hydrogen-bond acceptors (Lipinski definition) is 4. The number of rotatable bonds is 7. The third-order valence-electron chi connectivity index (χ3n) is 4.87. The van der Waals surface area contributed by atoms with Gasteiger partial charge >= 0.3 is 6.03 Å². The van der Waals surface area contributed by atoms with Crippen molar-refractivity contribution in [2.75, 3.05) is 11.9 Å². The predicted molar refractivity (Wildman–Crippen MR) is 113 cm³/mol. The summed E-state index contributed by atoms with van der Waals surface area (Å²) in [7, 11) is 0. The molecule has 2 heterocycles. The fourth-order valence-electron chi connectivity index (χ4n) is 3.45. The number of aromatic amines is 1. The number of benzene rings is 2. The molecular formula is C21H18F2N4O3S. The van der Waals surface area contributed by atoms with Gasteiger partial charge in [-0.1, -0.05) is 30.0 Å². The van der Waals surface area contributed by atoms with E-state index in [0.29, 0.717) is 28.8 Å². The van der Waals surface area contributed by atoms with E-state index in [-0.39, 0.29) is 0 Å². The first-order valence-corrected chi connectivity index (χ1v) is 10.3. The van der Waals surface area contributed by atoms with Crippen molar-refractivity contribution in [3.05, 3.63) is 60.3 Å². The van der Waals surface area contributed by atoms with Gasteiger partial charge in [-0.05, 0) is 35.9 Å². The summed E-state index contributed by atoms with van der Waals surface area (Å²) >= 11 is 0.401. The van der Waals surface area contributed by atoms with E-state index in [2.05, 4.69) is 15.6 Å². The monoisotopic (exact) mass is 444 g/mol. The number of imide groups is 1. The Morgan fingerprint density at radius 3 is 2.61 bits per heavy atom. The quantitative estimate of drug-likeness (QED) is 0.384. The Morgan fingerprint density at radius 2 is 1.87 bits per heavy atom. The second-order valence-electron chi connectivity index (χ2n) is 6.94.